The molecule has 0 heterocycles. The molecule has 5 heteroatoms. The maximum atomic E-state index is 11.8. The SMILES string of the molecule is CCCC(C)CC(=O)O[C@H](CC(=O)O)C[N+](C)(C)C. The number of ether oxygens (including phenoxy) is 1. The van der Waals surface area contributed by atoms with Crippen molar-refractivity contribution < 1.29 is 23.9 Å². The molecule has 0 fully saturated rings. The third kappa shape index (κ3) is 10.5. The van der Waals surface area contributed by atoms with Gasteiger partial charge in [-0.25, -0.2) is 0 Å². The molecule has 0 rings (SSSR count). The highest BCUT2D eigenvalue weighted by molar-refractivity contribution is 5.71. The Morgan fingerprint density at radius 1 is 1.21 bits per heavy atom. The van der Waals surface area contributed by atoms with E-state index < -0.39 is 12.1 Å². The summed E-state index contributed by atoms with van der Waals surface area (Å²) in [5, 5.41) is 8.86. The van der Waals surface area contributed by atoms with Gasteiger partial charge in [0.15, 0.2) is 6.10 Å². The first-order valence-corrected chi connectivity index (χ1v) is 6.85. The van der Waals surface area contributed by atoms with Crippen molar-refractivity contribution in [2.75, 3.05) is 27.7 Å². The van der Waals surface area contributed by atoms with Crippen LogP contribution in [0.2, 0.25) is 0 Å². The molecule has 5 nitrogen and oxygen atoms in total. The monoisotopic (exact) mass is 274 g/mol. The Kier molecular flexibility index (Phi) is 7.68. The predicted molar refractivity (Wildman–Crippen MR) is 73.7 cm³/mol. The lowest BCUT2D eigenvalue weighted by Gasteiger charge is -2.28. The summed E-state index contributed by atoms with van der Waals surface area (Å²) in [7, 11) is 5.84. The van der Waals surface area contributed by atoms with Crippen LogP contribution in [0.5, 0.6) is 0 Å². The van der Waals surface area contributed by atoms with E-state index in [0.29, 0.717) is 17.4 Å². The number of carboxylic acid groups (broad SMARTS) is 1. The van der Waals surface area contributed by atoms with Gasteiger partial charge < -0.3 is 14.3 Å². The van der Waals surface area contributed by atoms with Gasteiger partial charge in [0, 0.05) is 6.42 Å². The van der Waals surface area contributed by atoms with Crippen molar-refractivity contribution in [3.63, 3.8) is 0 Å². The van der Waals surface area contributed by atoms with Crippen molar-refractivity contribution in [2.45, 2.75) is 45.6 Å². The van der Waals surface area contributed by atoms with E-state index in [0.717, 1.165) is 12.8 Å². The van der Waals surface area contributed by atoms with Crippen LogP contribution >= 0.6 is 0 Å². The number of likely N-dealkylation sites (N-methyl/N-ethyl adjacent to an activating group) is 1. The van der Waals surface area contributed by atoms with Crippen LogP contribution in [0.1, 0.15) is 39.5 Å². The van der Waals surface area contributed by atoms with Gasteiger partial charge in [0.05, 0.1) is 27.6 Å². The quantitative estimate of drug-likeness (QED) is 0.515. The van der Waals surface area contributed by atoms with Gasteiger partial charge in [-0.15, -0.1) is 0 Å². The summed E-state index contributed by atoms with van der Waals surface area (Å²) in [4.78, 5) is 22.6. The first-order chi connectivity index (χ1) is 8.64. The molecule has 0 aromatic rings. The van der Waals surface area contributed by atoms with E-state index in [9.17, 15) is 9.59 Å². The van der Waals surface area contributed by atoms with Crippen molar-refractivity contribution in [2.24, 2.45) is 5.92 Å². The number of nitrogens with zero attached hydrogens (tertiary/aromatic N) is 1. The molecule has 112 valence electrons. The zero-order valence-corrected chi connectivity index (χ0v) is 12.8. The molecule has 0 radical (unpaired) electrons. The fourth-order valence-electron chi connectivity index (χ4n) is 2.06. The molecule has 0 saturated carbocycles. The molecule has 0 aromatic carbocycles. The van der Waals surface area contributed by atoms with Crippen LogP contribution in [0, 0.1) is 5.92 Å². The van der Waals surface area contributed by atoms with E-state index in [1.54, 1.807) is 0 Å². The molecule has 0 spiro atoms. The van der Waals surface area contributed by atoms with E-state index in [2.05, 4.69) is 6.92 Å². The summed E-state index contributed by atoms with van der Waals surface area (Å²) in [5.74, 6) is -0.944. The average molecular weight is 274 g/mol. The average Bonchev–Trinajstić information content (AvgIpc) is 2.12. The number of aliphatic carboxylic acids is 1. The number of carbonyl (C=O) groups is 2. The molecule has 0 saturated heterocycles. The summed E-state index contributed by atoms with van der Waals surface area (Å²) >= 11 is 0. The number of hydrogen-bond acceptors (Lipinski definition) is 3. The number of hydrogen-bond donors (Lipinski definition) is 1. The lowest BCUT2D eigenvalue weighted by Crippen LogP contribution is -2.43. The fraction of sp³-hybridized carbons (Fsp3) is 0.857. The molecule has 0 aliphatic heterocycles. The first-order valence-electron chi connectivity index (χ1n) is 6.85. The summed E-state index contributed by atoms with van der Waals surface area (Å²) < 4.78 is 5.88. The van der Waals surface area contributed by atoms with E-state index >= 15 is 0 Å². The second kappa shape index (κ2) is 8.15. The van der Waals surface area contributed by atoms with E-state index in [1.807, 2.05) is 28.1 Å². The Morgan fingerprint density at radius 3 is 2.21 bits per heavy atom. The smallest absolute Gasteiger partial charge is 0.307 e. The largest absolute Gasteiger partial charge is 0.481 e. The van der Waals surface area contributed by atoms with E-state index in [4.69, 9.17) is 9.84 Å². The first kappa shape index (κ1) is 17.9. The third-order valence-electron chi connectivity index (χ3n) is 2.75. The second-order valence-corrected chi connectivity index (χ2v) is 6.28. The minimum absolute atomic E-state index is 0.135. The van der Waals surface area contributed by atoms with Gasteiger partial charge in [-0.2, -0.15) is 0 Å². The zero-order chi connectivity index (χ0) is 15.1. The highest BCUT2D eigenvalue weighted by atomic mass is 16.5. The summed E-state index contributed by atoms with van der Waals surface area (Å²) in [6, 6.07) is 0. The maximum Gasteiger partial charge on any atom is 0.307 e. The molecule has 19 heavy (non-hydrogen) atoms. The van der Waals surface area contributed by atoms with Crippen LogP contribution in [-0.4, -0.2) is 55.3 Å². The normalized spacial score (nSPS) is 14.8. The van der Waals surface area contributed by atoms with Gasteiger partial charge in [0.25, 0.3) is 0 Å². The number of quaternary nitrogens is 1. The maximum absolute atomic E-state index is 11.8. The standard InChI is InChI=1S/C14H27NO4/c1-6-7-11(2)8-14(18)19-12(9-13(16)17)10-15(3,4)5/h11-12H,6-10H2,1-5H3/p+1/t11?,12-/m1/s1. The minimum Gasteiger partial charge on any atom is -0.481 e. The van der Waals surface area contributed by atoms with Crippen molar-refractivity contribution in [3.8, 4) is 0 Å². The van der Waals surface area contributed by atoms with Gasteiger partial charge in [0.1, 0.15) is 6.54 Å². The Morgan fingerprint density at radius 2 is 1.79 bits per heavy atom. The Balaban J connectivity index is 4.38. The molecule has 0 bridgehead atoms. The Hall–Kier alpha value is -1.10. The molecular weight excluding hydrogens is 246 g/mol. The number of esters is 1. The molecule has 2 atom stereocenters. The number of rotatable bonds is 9. The number of carboxylic acids is 1. The van der Waals surface area contributed by atoms with Crippen LogP contribution in [-0.2, 0) is 14.3 Å². The molecule has 0 amide bonds. The van der Waals surface area contributed by atoms with Crippen LogP contribution in [0.25, 0.3) is 0 Å². The molecule has 0 aromatic heterocycles. The lowest BCUT2D eigenvalue weighted by atomic mass is 10.0. The Labute approximate surface area is 116 Å². The van der Waals surface area contributed by atoms with Gasteiger partial charge in [-0.1, -0.05) is 26.7 Å². The van der Waals surface area contributed by atoms with Gasteiger partial charge in [-0.3, -0.25) is 9.59 Å². The van der Waals surface area contributed by atoms with E-state index in [-0.39, 0.29) is 18.3 Å². The highest BCUT2D eigenvalue weighted by Gasteiger charge is 2.25. The molecule has 1 N–H and O–H groups in total. The zero-order valence-electron chi connectivity index (χ0n) is 12.8. The topological polar surface area (TPSA) is 63.6 Å². The van der Waals surface area contributed by atoms with Crippen LogP contribution in [0.15, 0.2) is 0 Å². The van der Waals surface area contributed by atoms with Crippen molar-refractivity contribution in [1.82, 2.24) is 0 Å². The lowest BCUT2D eigenvalue weighted by molar-refractivity contribution is -0.873. The Bertz CT molecular complexity index is 296. The van der Waals surface area contributed by atoms with Gasteiger partial charge >= 0.3 is 11.9 Å². The predicted octanol–water partition coefficient (Wildman–Crippen LogP) is 1.91. The molecule has 0 aliphatic carbocycles. The minimum atomic E-state index is -0.937. The van der Waals surface area contributed by atoms with Gasteiger partial charge in [-0.05, 0) is 5.92 Å². The van der Waals surface area contributed by atoms with E-state index in [1.165, 1.54) is 0 Å². The summed E-state index contributed by atoms with van der Waals surface area (Å²) in [6.45, 7) is 4.59. The van der Waals surface area contributed by atoms with Crippen LogP contribution < -0.4 is 0 Å². The number of carbonyl (C=O) groups excluding carboxylic acids is 1. The fourth-order valence-corrected chi connectivity index (χ4v) is 2.06. The van der Waals surface area contributed by atoms with Crippen molar-refractivity contribution in [3.05, 3.63) is 0 Å². The second-order valence-electron chi connectivity index (χ2n) is 6.28. The van der Waals surface area contributed by atoms with Crippen molar-refractivity contribution in [1.29, 1.82) is 0 Å². The van der Waals surface area contributed by atoms with Gasteiger partial charge in [0.2, 0.25) is 0 Å². The molecular formula is C14H28NO4+. The summed E-state index contributed by atoms with van der Waals surface area (Å²) in [6.07, 6.45) is 1.68. The van der Waals surface area contributed by atoms with Crippen LogP contribution in [0.3, 0.4) is 0 Å². The van der Waals surface area contributed by atoms with Crippen LogP contribution in [0.4, 0.5) is 0 Å². The molecule has 1 unspecified atom stereocenters. The highest BCUT2D eigenvalue weighted by Crippen LogP contribution is 2.13. The van der Waals surface area contributed by atoms with Crippen molar-refractivity contribution >= 4 is 11.9 Å². The summed E-state index contributed by atoms with van der Waals surface area (Å²) in [5.41, 5.74) is 0. The molecule has 0 aliphatic rings. The third-order valence-corrected chi connectivity index (χ3v) is 2.75.